The highest BCUT2D eigenvalue weighted by Gasteiger charge is 2.26. The lowest BCUT2D eigenvalue weighted by Crippen LogP contribution is -2.19. The van der Waals surface area contributed by atoms with Crippen molar-refractivity contribution in [1.82, 2.24) is 9.97 Å². The summed E-state index contributed by atoms with van der Waals surface area (Å²) in [5.74, 6) is 2.06. The second-order valence-electron chi connectivity index (χ2n) is 5.33. The number of hydrogen-bond donors (Lipinski definition) is 2. The number of hydrogen-bond acceptors (Lipinski definition) is 3. The minimum absolute atomic E-state index is 0.0461. The Balaban J connectivity index is 1.93. The van der Waals surface area contributed by atoms with Crippen molar-refractivity contribution in [2.75, 3.05) is 5.32 Å². The molecule has 0 aromatic carbocycles. The van der Waals surface area contributed by atoms with Crippen LogP contribution in [0.15, 0.2) is 10.9 Å². The summed E-state index contributed by atoms with van der Waals surface area (Å²) in [6, 6.07) is 1.93. The van der Waals surface area contributed by atoms with E-state index in [2.05, 4.69) is 29.1 Å². The summed E-state index contributed by atoms with van der Waals surface area (Å²) in [5.41, 5.74) is -0.0461. The fraction of sp³-hybridized carbons (Fsp3) is 0.714. The zero-order valence-corrected chi connectivity index (χ0v) is 11.3. The van der Waals surface area contributed by atoms with Crippen LogP contribution in [0.4, 0.5) is 5.82 Å². The van der Waals surface area contributed by atoms with Crippen LogP contribution in [0.2, 0.25) is 0 Å². The molecular formula is C14H23N3O. The van der Waals surface area contributed by atoms with Crippen molar-refractivity contribution in [3.05, 3.63) is 22.2 Å². The van der Waals surface area contributed by atoms with E-state index in [0.29, 0.717) is 12.0 Å². The lowest BCUT2D eigenvalue weighted by atomic mass is 10.1. The first kappa shape index (κ1) is 13.1. The van der Waals surface area contributed by atoms with Gasteiger partial charge in [0.1, 0.15) is 11.6 Å². The molecule has 0 aliphatic heterocycles. The Hall–Kier alpha value is -1.32. The summed E-state index contributed by atoms with van der Waals surface area (Å²) in [4.78, 5) is 18.9. The predicted octanol–water partition coefficient (Wildman–Crippen LogP) is 3.03. The fourth-order valence-corrected chi connectivity index (χ4v) is 2.13. The van der Waals surface area contributed by atoms with Gasteiger partial charge in [0.05, 0.1) is 0 Å². The summed E-state index contributed by atoms with van der Waals surface area (Å²) in [6.07, 6.45) is 7.16. The number of nitrogens with zero attached hydrogens (tertiary/aromatic N) is 1. The van der Waals surface area contributed by atoms with Crippen molar-refractivity contribution < 1.29 is 0 Å². The molecule has 1 fully saturated rings. The normalized spacial score (nSPS) is 16.6. The molecule has 1 unspecified atom stereocenters. The van der Waals surface area contributed by atoms with E-state index in [-0.39, 0.29) is 5.56 Å². The molecule has 4 nitrogen and oxygen atoms in total. The molecule has 1 aromatic rings. The summed E-state index contributed by atoms with van der Waals surface area (Å²) in [7, 11) is 0. The molecule has 0 radical (unpaired) electrons. The first-order valence-corrected chi connectivity index (χ1v) is 7.07. The van der Waals surface area contributed by atoms with Crippen LogP contribution < -0.4 is 10.9 Å². The maximum atomic E-state index is 11.5. The number of rotatable bonds is 7. The van der Waals surface area contributed by atoms with Crippen molar-refractivity contribution in [2.24, 2.45) is 0 Å². The number of aromatic amines is 1. The van der Waals surface area contributed by atoms with Gasteiger partial charge < -0.3 is 10.3 Å². The summed E-state index contributed by atoms with van der Waals surface area (Å²) < 4.78 is 0. The number of H-pyrrole nitrogens is 1. The minimum Gasteiger partial charge on any atom is -0.367 e. The topological polar surface area (TPSA) is 57.8 Å². The maximum absolute atomic E-state index is 11.5. The zero-order valence-electron chi connectivity index (χ0n) is 11.3. The van der Waals surface area contributed by atoms with Crippen molar-refractivity contribution in [3.63, 3.8) is 0 Å². The molecule has 2 N–H and O–H groups in total. The first-order valence-electron chi connectivity index (χ1n) is 7.07. The van der Waals surface area contributed by atoms with E-state index in [1.807, 2.05) is 0 Å². The molecule has 0 bridgehead atoms. The number of nitrogens with one attached hydrogen (secondary N) is 2. The van der Waals surface area contributed by atoms with Gasteiger partial charge in [0.15, 0.2) is 0 Å². The van der Waals surface area contributed by atoms with E-state index in [9.17, 15) is 4.79 Å². The monoisotopic (exact) mass is 249 g/mol. The van der Waals surface area contributed by atoms with E-state index in [0.717, 1.165) is 30.9 Å². The van der Waals surface area contributed by atoms with Crippen LogP contribution in [0.3, 0.4) is 0 Å². The molecule has 1 heterocycles. The van der Waals surface area contributed by atoms with Crippen LogP contribution in [0.1, 0.15) is 64.1 Å². The molecule has 2 rings (SSSR count). The van der Waals surface area contributed by atoms with E-state index in [1.54, 1.807) is 6.07 Å². The second kappa shape index (κ2) is 6.03. The highest BCUT2D eigenvalue weighted by atomic mass is 16.1. The van der Waals surface area contributed by atoms with Gasteiger partial charge in [0.2, 0.25) is 0 Å². The average molecular weight is 249 g/mol. The molecule has 18 heavy (non-hydrogen) atoms. The number of aromatic nitrogens is 2. The Morgan fingerprint density at radius 3 is 2.94 bits per heavy atom. The van der Waals surface area contributed by atoms with Gasteiger partial charge in [-0.25, -0.2) is 4.98 Å². The molecule has 1 aliphatic carbocycles. The molecule has 0 saturated heterocycles. The van der Waals surface area contributed by atoms with E-state index < -0.39 is 0 Å². The summed E-state index contributed by atoms with van der Waals surface area (Å²) >= 11 is 0. The standard InChI is InChI=1S/C14H23N3O/c1-3-4-5-6-10(2)15-12-9-13(18)17-14(16-12)11-7-8-11/h9-11H,3-8H2,1-2H3,(H2,15,16,17,18). The highest BCUT2D eigenvalue weighted by molar-refractivity contribution is 5.34. The lowest BCUT2D eigenvalue weighted by molar-refractivity contribution is 0.613. The van der Waals surface area contributed by atoms with Crippen molar-refractivity contribution in [2.45, 2.75) is 64.3 Å². The maximum Gasteiger partial charge on any atom is 0.252 e. The SMILES string of the molecule is CCCCCC(C)Nc1cc(=O)[nH]c(C2CC2)n1. The summed E-state index contributed by atoms with van der Waals surface area (Å²) in [6.45, 7) is 4.35. The largest absolute Gasteiger partial charge is 0.367 e. The van der Waals surface area contributed by atoms with E-state index in [4.69, 9.17) is 0 Å². The smallest absolute Gasteiger partial charge is 0.252 e. The van der Waals surface area contributed by atoms with Crippen LogP contribution in [0, 0.1) is 0 Å². The van der Waals surface area contributed by atoms with Crippen LogP contribution in [0.5, 0.6) is 0 Å². The van der Waals surface area contributed by atoms with Gasteiger partial charge in [0, 0.05) is 18.0 Å². The molecular weight excluding hydrogens is 226 g/mol. The minimum atomic E-state index is -0.0461. The van der Waals surface area contributed by atoms with Crippen molar-refractivity contribution >= 4 is 5.82 Å². The molecule has 1 aliphatic rings. The van der Waals surface area contributed by atoms with E-state index >= 15 is 0 Å². The molecule has 1 atom stereocenters. The van der Waals surface area contributed by atoms with Gasteiger partial charge >= 0.3 is 0 Å². The van der Waals surface area contributed by atoms with Crippen LogP contribution >= 0.6 is 0 Å². The van der Waals surface area contributed by atoms with Crippen molar-refractivity contribution in [1.29, 1.82) is 0 Å². The third kappa shape index (κ3) is 3.86. The Morgan fingerprint density at radius 2 is 2.28 bits per heavy atom. The van der Waals surface area contributed by atoms with Gasteiger partial charge in [-0.05, 0) is 26.2 Å². The van der Waals surface area contributed by atoms with E-state index in [1.165, 1.54) is 19.3 Å². The Labute approximate surface area is 108 Å². The predicted molar refractivity (Wildman–Crippen MR) is 74.1 cm³/mol. The number of anilines is 1. The molecule has 0 spiro atoms. The summed E-state index contributed by atoms with van der Waals surface area (Å²) in [5, 5.41) is 3.33. The zero-order chi connectivity index (χ0) is 13.0. The third-order valence-corrected chi connectivity index (χ3v) is 3.36. The van der Waals surface area contributed by atoms with Gasteiger partial charge in [-0.2, -0.15) is 0 Å². The van der Waals surface area contributed by atoms with Crippen LogP contribution in [0.25, 0.3) is 0 Å². The Bertz CT molecular complexity index is 437. The van der Waals surface area contributed by atoms with Gasteiger partial charge in [-0.1, -0.05) is 26.2 Å². The first-order chi connectivity index (χ1) is 8.69. The Kier molecular flexibility index (Phi) is 4.39. The second-order valence-corrected chi connectivity index (χ2v) is 5.33. The number of unbranched alkanes of at least 4 members (excludes halogenated alkanes) is 2. The quantitative estimate of drug-likeness (QED) is 0.730. The molecule has 1 saturated carbocycles. The molecule has 1 aromatic heterocycles. The molecule has 100 valence electrons. The van der Waals surface area contributed by atoms with Crippen LogP contribution in [-0.4, -0.2) is 16.0 Å². The molecule has 0 amide bonds. The van der Waals surface area contributed by atoms with Crippen molar-refractivity contribution in [3.8, 4) is 0 Å². The van der Waals surface area contributed by atoms with Crippen LogP contribution in [-0.2, 0) is 0 Å². The fourth-order valence-electron chi connectivity index (χ4n) is 2.13. The Morgan fingerprint density at radius 1 is 1.50 bits per heavy atom. The average Bonchev–Trinajstić information content (AvgIpc) is 3.12. The highest BCUT2D eigenvalue weighted by Crippen LogP contribution is 2.37. The van der Waals surface area contributed by atoms with Gasteiger partial charge in [-0.3, -0.25) is 4.79 Å². The third-order valence-electron chi connectivity index (χ3n) is 3.36. The molecule has 4 heteroatoms. The van der Waals surface area contributed by atoms with Gasteiger partial charge in [0.25, 0.3) is 5.56 Å². The lowest BCUT2D eigenvalue weighted by Gasteiger charge is -2.14. The van der Waals surface area contributed by atoms with Gasteiger partial charge in [-0.15, -0.1) is 0 Å².